The zero-order valence-corrected chi connectivity index (χ0v) is 17.5. The second-order valence-electron chi connectivity index (χ2n) is 7.23. The Morgan fingerprint density at radius 2 is 1.84 bits per heavy atom. The molecule has 0 aliphatic heterocycles. The van der Waals surface area contributed by atoms with Crippen LogP contribution >= 0.6 is 0 Å². The lowest BCUT2D eigenvalue weighted by atomic mass is 10.1. The molecule has 3 aromatic rings. The number of nitrogens with one attached hydrogen (secondary N) is 1. The molecule has 0 unspecified atom stereocenters. The van der Waals surface area contributed by atoms with E-state index in [4.69, 9.17) is 4.42 Å². The Morgan fingerprint density at radius 1 is 1.16 bits per heavy atom. The SMILES string of the molecule is Cc1ccc(CNC(=O)Cn2c(-c3ccc(C(F)(F)F)cc3)nc(C)c(CCO)c2=O)o1. The molecule has 1 amide bonds. The number of hydrogen-bond acceptors (Lipinski definition) is 5. The van der Waals surface area contributed by atoms with Crippen LogP contribution in [0.4, 0.5) is 13.2 Å². The molecule has 10 heteroatoms. The Bertz CT molecular complexity index is 1160. The average molecular weight is 449 g/mol. The minimum Gasteiger partial charge on any atom is -0.465 e. The van der Waals surface area contributed by atoms with Gasteiger partial charge in [0.05, 0.1) is 12.1 Å². The van der Waals surface area contributed by atoms with Crippen LogP contribution in [0.5, 0.6) is 0 Å². The lowest BCUT2D eigenvalue weighted by Gasteiger charge is -2.16. The first-order chi connectivity index (χ1) is 15.1. The highest BCUT2D eigenvalue weighted by molar-refractivity contribution is 5.76. The lowest BCUT2D eigenvalue weighted by molar-refractivity contribution is -0.137. The first kappa shape index (κ1) is 23.3. The van der Waals surface area contributed by atoms with Crippen molar-refractivity contribution in [2.24, 2.45) is 0 Å². The number of hydrogen-bond donors (Lipinski definition) is 2. The van der Waals surface area contributed by atoms with Gasteiger partial charge in [0.1, 0.15) is 23.9 Å². The molecule has 0 fully saturated rings. The number of carbonyl (C=O) groups is 1. The summed E-state index contributed by atoms with van der Waals surface area (Å²) in [6.45, 7) is 2.76. The normalized spacial score (nSPS) is 11.6. The smallest absolute Gasteiger partial charge is 0.416 e. The first-order valence-corrected chi connectivity index (χ1v) is 9.81. The number of aliphatic hydroxyl groups is 1. The van der Waals surface area contributed by atoms with Gasteiger partial charge in [0, 0.05) is 29.8 Å². The van der Waals surface area contributed by atoms with Gasteiger partial charge in [-0.1, -0.05) is 12.1 Å². The van der Waals surface area contributed by atoms with Crippen LogP contribution in [0.3, 0.4) is 0 Å². The molecule has 2 heterocycles. The molecule has 0 atom stereocenters. The molecule has 0 bridgehead atoms. The Balaban J connectivity index is 1.95. The van der Waals surface area contributed by atoms with Crippen LogP contribution < -0.4 is 10.9 Å². The molecule has 3 rings (SSSR count). The molecular weight excluding hydrogens is 427 g/mol. The summed E-state index contributed by atoms with van der Waals surface area (Å²) < 4.78 is 45.2. The second-order valence-corrected chi connectivity index (χ2v) is 7.23. The molecule has 0 aliphatic rings. The third kappa shape index (κ3) is 5.25. The predicted molar refractivity (Wildman–Crippen MR) is 110 cm³/mol. The molecule has 0 radical (unpaired) electrons. The van der Waals surface area contributed by atoms with E-state index in [0.29, 0.717) is 17.2 Å². The highest BCUT2D eigenvalue weighted by atomic mass is 19.4. The van der Waals surface area contributed by atoms with Crippen LogP contribution in [0.1, 0.15) is 28.3 Å². The molecule has 32 heavy (non-hydrogen) atoms. The fraction of sp³-hybridized carbons (Fsp3) is 0.318. The van der Waals surface area contributed by atoms with Gasteiger partial charge in [0.25, 0.3) is 5.56 Å². The van der Waals surface area contributed by atoms with Crippen LogP contribution in [0.2, 0.25) is 0 Å². The minimum atomic E-state index is -4.50. The van der Waals surface area contributed by atoms with Crippen molar-refractivity contribution in [3.05, 3.63) is 75.1 Å². The largest absolute Gasteiger partial charge is 0.465 e. The van der Waals surface area contributed by atoms with Crippen molar-refractivity contribution < 1.29 is 27.5 Å². The maximum Gasteiger partial charge on any atom is 0.416 e. The molecule has 0 saturated carbocycles. The van der Waals surface area contributed by atoms with Gasteiger partial charge in [-0.05, 0) is 38.1 Å². The zero-order valence-electron chi connectivity index (χ0n) is 17.5. The van der Waals surface area contributed by atoms with Gasteiger partial charge in [-0.2, -0.15) is 13.2 Å². The third-order valence-corrected chi connectivity index (χ3v) is 4.86. The average Bonchev–Trinajstić information content (AvgIpc) is 3.16. The Labute approximate surface area is 181 Å². The summed E-state index contributed by atoms with van der Waals surface area (Å²) in [7, 11) is 0. The van der Waals surface area contributed by atoms with Gasteiger partial charge in [-0.25, -0.2) is 4.98 Å². The van der Waals surface area contributed by atoms with Crippen molar-refractivity contribution in [3.63, 3.8) is 0 Å². The van der Waals surface area contributed by atoms with E-state index in [-0.39, 0.29) is 36.5 Å². The Kier molecular flexibility index (Phi) is 6.83. The van der Waals surface area contributed by atoms with Crippen LogP contribution in [0.25, 0.3) is 11.4 Å². The highest BCUT2D eigenvalue weighted by Gasteiger charge is 2.30. The fourth-order valence-corrected chi connectivity index (χ4v) is 3.24. The van der Waals surface area contributed by atoms with Crippen LogP contribution in [0, 0.1) is 13.8 Å². The Morgan fingerprint density at radius 3 is 2.41 bits per heavy atom. The van der Waals surface area contributed by atoms with E-state index in [1.807, 2.05) is 0 Å². The zero-order chi connectivity index (χ0) is 23.5. The number of nitrogens with zero attached hydrogens (tertiary/aromatic N) is 2. The number of aryl methyl sites for hydroxylation is 2. The van der Waals surface area contributed by atoms with E-state index in [9.17, 15) is 27.9 Å². The molecule has 2 N–H and O–H groups in total. The monoisotopic (exact) mass is 449 g/mol. The van der Waals surface area contributed by atoms with E-state index in [0.717, 1.165) is 16.7 Å². The standard InChI is InChI=1S/C22H22F3N3O4/c1-13-3-8-17(32-13)11-26-19(30)12-28-20(27-14(2)18(9-10-29)21(28)31)15-4-6-16(7-5-15)22(23,24)25/h3-8,29H,9-12H2,1-2H3,(H,26,30). The van der Waals surface area contributed by atoms with Gasteiger partial charge in [0.15, 0.2) is 0 Å². The van der Waals surface area contributed by atoms with Crippen LogP contribution in [-0.2, 0) is 30.5 Å². The van der Waals surface area contributed by atoms with Crippen molar-refractivity contribution in [1.29, 1.82) is 0 Å². The van der Waals surface area contributed by atoms with Gasteiger partial charge >= 0.3 is 6.18 Å². The van der Waals surface area contributed by atoms with Gasteiger partial charge in [-0.3, -0.25) is 14.2 Å². The third-order valence-electron chi connectivity index (χ3n) is 4.86. The number of aromatic nitrogens is 2. The van der Waals surface area contributed by atoms with Crippen LogP contribution in [-0.4, -0.2) is 27.2 Å². The van der Waals surface area contributed by atoms with Crippen molar-refractivity contribution in [2.45, 2.75) is 39.5 Å². The molecule has 0 aliphatic carbocycles. The fourth-order valence-electron chi connectivity index (χ4n) is 3.24. The maximum atomic E-state index is 13.0. The number of rotatable bonds is 7. The molecule has 7 nitrogen and oxygen atoms in total. The number of halogens is 3. The lowest BCUT2D eigenvalue weighted by Crippen LogP contribution is -2.35. The van der Waals surface area contributed by atoms with Gasteiger partial charge < -0.3 is 14.8 Å². The summed E-state index contributed by atoms with van der Waals surface area (Å²) in [5.74, 6) is 0.780. The minimum absolute atomic E-state index is 0.0399. The van der Waals surface area contributed by atoms with E-state index in [2.05, 4.69) is 10.3 Å². The first-order valence-electron chi connectivity index (χ1n) is 9.81. The summed E-state index contributed by atoms with van der Waals surface area (Å²) in [4.78, 5) is 29.9. The second kappa shape index (κ2) is 9.39. The Hall–Kier alpha value is -3.40. The molecular formula is C22H22F3N3O4. The van der Waals surface area contributed by atoms with E-state index in [1.54, 1.807) is 26.0 Å². The molecule has 0 saturated heterocycles. The van der Waals surface area contributed by atoms with Gasteiger partial charge in [-0.15, -0.1) is 0 Å². The van der Waals surface area contributed by atoms with Gasteiger partial charge in [0.2, 0.25) is 5.91 Å². The number of benzene rings is 1. The van der Waals surface area contributed by atoms with Crippen molar-refractivity contribution in [3.8, 4) is 11.4 Å². The summed E-state index contributed by atoms with van der Waals surface area (Å²) in [6, 6.07) is 7.65. The summed E-state index contributed by atoms with van der Waals surface area (Å²) >= 11 is 0. The van der Waals surface area contributed by atoms with Crippen molar-refractivity contribution >= 4 is 5.91 Å². The number of amides is 1. The maximum absolute atomic E-state index is 13.0. The summed E-state index contributed by atoms with van der Waals surface area (Å²) in [6.07, 6.45) is -4.46. The van der Waals surface area contributed by atoms with Crippen LogP contribution in [0.15, 0.2) is 45.6 Å². The van der Waals surface area contributed by atoms with E-state index in [1.165, 1.54) is 12.1 Å². The van der Waals surface area contributed by atoms with E-state index >= 15 is 0 Å². The summed E-state index contributed by atoms with van der Waals surface area (Å²) in [5, 5.41) is 11.9. The predicted octanol–water partition coefficient (Wildman–Crippen LogP) is 2.99. The molecule has 1 aromatic carbocycles. The molecule has 170 valence electrons. The number of aliphatic hydroxyl groups excluding tert-OH is 1. The van der Waals surface area contributed by atoms with Crippen molar-refractivity contribution in [2.75, 3.05) is 6.61 Å². The summed E-state index contributed by atoms with van der Waals surface area (Å²) in [5.41, 5.74) is -0.553. The number of furan rings is 1. The van der Waals surface area contributed by atoms with Crippen molar-refractivity contribution in [1.82, 2.24) is 14.9 Å². The number of carbonyl (C=O) groups excluding carboxylic acids is 1. The molecule has 0 spiro atoms. The topological polar surface area (TPSA) is 97.4 Å². The molecule has 2 aromatic heterocycles. The number of alkyl halides is 3. The quantitative estimate of drug-likeness (QED) is 0.578. The highest BCUT2D eigenvalue weighted by Crippen LogP contribution is 2.30. The van der Waals surface area contributed by atoms with E-state index < -0.39 is 29.8 Å².